The van der Waals surface area contributed by atoms with Crippen molar-refractivity contribution in [1.82, 2.24) is 20.2 Å². The Balaban J connectivity index is 1.64. The lowest BCUT2D eigenvalue weighted by Gasteiger charge is -2.28. The van der Waals surface area contributed by atoms with Gasteiger partial charge >= 0.3 is 0 Å². The number of carbonyl (C=O) groups is 1. The van der Waals surface area contributed by atoms with Gasteiger partial charge in [0.2, 0.25) is 0 Å². The number of hydrogen-bond acceptors (Lipinski definition) is 7. The molecule has 0 bridgehead atoms. The summed E-state index contributed by atoms with van der Waals surface area (Å²) in [6.07, 6.45) is 0.871. The minimum atomic E-state index is -0.0393. The largest absolute Gasteiger partial charge is 0.378 e. The highest BCUT2D eigenvalue weighted by Crippen LogP contribution is 2.24. The number of benzene rings is 1. The minimum absolute atomic E-state index is 0.0393. The van der Waals surface area contributed by atoms with Gasteiger partial charge in [-0.1, -0.05) is 30.8 Å². The van der Waals surface area contributed by atoms with Gasteiger partial charge < -0.3 is 19.9 Å². The van der Waals surface area contributed by atoms with Gasteiger partial charge in [0, 0.05) is 49.3 Å². The van der Waals surface area contributed by atoms with Crippen LogP contribution in [0.25, 0.3) is 0 Å². The number of thioether (sulfide) groups is 1. The molecule has 1 saturated heterocycles. The van der Waals surface area contributed by atoms with E-state index in [1.165, 1.54) is 0 Å². The summed E-state index contributed by atoms with van der Waals surface area (Å²) in [5.74, 6) is 1.65. The van der Waals surface area contributed by atoms with Crippen LogP contribution < -0.4 is 10.2 Å². The highest BCUT2D eigenvalue weighted by molar-refractivity contribution is 7.98. The van der Waals surface area contributed by atoms with Crippen LogP contribution in [0.3, 0.4) is 0 Å². The van der Waals surface area contributed by atoms with Gasteiger partial charge in [0.25, 0.3) is 5.91 Å². The molecule has 0 spiro atoms. The van der Waals surface area contributed by atoms with Crippen LogP contribution in [-0.2, 0) is 16.9 Å². The molecular formula is C22H31N5O2S. The van der Waals surface area contributed by atoms with Crippen molar-refractivity contribution >= 4 is 23.5 Å². The predicted octanol–water partition coefficient (Wildman–Crippen LogP) is 2.46. The fourth-order valence-corrected chi connectivity index (χ4v) is 3.92. The molecule has 0 saturated carbocycles. The first-order valence-corrected chi connectivity index (χ1v) is 11.4. The Morgan fingerprint density at radius 1 is 1.23 bits per heavy atom. The molecular weight excluding hydrogens is 398 g/mol. The van der Waals surface area contributed by atoms with Gasteiger partial charge in [0.15, 0.2) is 5.16 Å². The predicted molar refractivity (Wildman–Crippen MR) is 121 cm³/mol. The van der Waals surface area contributed by atoms with Crippen molar-refractivity contribution < 1.29 is 9.53 Å². The van der Waals surface area contributed by atoms with E-state index in [2.05, 4.69) is 28.2 Å². The second kappa shape index (κ2) is 11.3. The summed E-state index contributed by atoms with van der Waals surface area (Å²) in [6, 6.07) is 9.85. The number of morpholine rings is 1. The van der Waals surface area contributed by atoms with Gasteiger partial charge in [-0.2, -0.15) is 0 Å². The Labute approximate surface area is 183 Å². The number of amides is 1. The number of likely N-dealkylation sites (N-methyl/N-ethyl adjacent to an activating group) is 1. The van der Waals surface area contributed by atoms with Gasteiger partial charge in [-0.25, -0.2) is 9.97 Å². The lowest BCUT2D eigenvalue weighted by molar-refractivity contribution is 0.0951. The lowest BCUT2D eigenvalue weighted by atomic mass is 10.1. The molecule has 0 atom stereocenters. The molecule has 2 aromatic rings. The molecule has 1 aromatic carbocycles. The van der Waals surface area contributed by atoms with Crippen LogP contribution in [0.4, 0.5) is 5.82 Å². The normalized spacial score (nSPS) is 14.2. The molecule has 8 heteroatoms. The fraction of sp³-hybridized carbons (Fsp3) is 0.500. The number of carbonyl (C=O) groups excluding carboxylic acids is 1. The van der Waals surface area contributed by atoms with E-state index in [1.54, 1.807) is 11.8 Å². The number of nitrogens with one attached hydrogen (secondary N) is 1. The van der Waals surface area contributed by atoms with Gasteiger partial charge in [-0.15, -0.1) is 0 Å². The lowest BCUT2D eigenvalue weighted by Crippen LogP contribution is -2.37. The maximum absolute atomic E-state index is 12.4. The third-order valence-electron chi connectivity index (χ3n) is 4.84. The highest BCUT2D eigenvalue weighted by atomic mass is 32.2. The number of ether oxygens (including phenoxy) is 1. The SMILES string of the molecule is CCc1cc(N2CCOCC2)nc(SCc2cccc(C(=O)NCCN(C)C)c2)n1. The molecule has 3 rings (SSSR count). The smallest absolute Gasteiger partial charge is 0.251 e. The second-order valence-corrected chi connectivity index (χ2v) is 8.44. The van der Waals surface area contributed by atoms with Crippen LogP contribution >= 0.6 is 11.8 Å². The first-order valence-electron chi connectivity index (χ1n) is 10.4. The zero-order valence-electron chi connectivity index (χ0n) is 18.1. The number of hydrogen-bond donors (Lipinski definition) is 1. The van der Waals surface area contributed by atoms with Crippen molar-refractivity contribution in [3.05, 3.63) is 47.2 Å². The van der Waals surface area contributed by atoms with Gasteiger partial charge in [-0.05, 0) is 38.2 Å². The van der Waals surface area contributed by atoms with Crippen molar-refractivity contribution in [3.8, 4) is 0 Å². The van der Waals surface area contributed by atoms with Crippen molar-refractivity contribution in [3.63, 3.8) is 0 Å². The second-order valence-electron chi connectivity index (χ2n) is 7.50. The minimum Gasteiger partial charge on any atom is -0.378 e. The average molecular weight is 430 g/mol. The summed E-state index contributed by atoms with van der Waals surface area (Å²) < 4.78 is 5.45. The van der Waals surface area contributed by atoms with E-state index in [0.29, 0.717) is 17.9 Å². The highest BCUT2D eigenvalue weighted by Gasteiger charge is 2.15. The van der Waals surface area contributed by atoms with Crippen molar-refractivity contribution in [2.75, 3.05) is 58.4 Å². The average Bonchev–Trinajstić information content (AvgIpc) is 2.78. The Hall–Kier alpha value is -2.16. The third-order valence-corrected chi connectivity index (χ3v) is 5.76. The van der Waals surface area contributed by atoms with Crippen molar-refractivity contribution in [2.24, 2.45) is 0 Å². The molecule has 162 valence electrons. The maximum Gasteiger partial charge on any atom is 0.251 e. The zero-order valence-corrected chi connectivity index (χ0v) is 18.9. The molecule has 0 unspecified atom stereocenters. The van der Waals surface area contributed by atoms with Crippen molar-refractivity contribution in [1.29, 1.82) is 0 Å². The summed E-state index contributed by atoms with van der Waals surface area (Å²) in [5.41, 5.74) is 2.81. The quantitative estimate of drug-likeness (QED) is 0.485. The van der Waals surface area contributed by atoms with Crippen LogP contribution in [-0.4, -0.2) is 74.3 Å². The Morgan fingerprint density at radius 2 is 2.03 bits per heavy atom. The molecule has 1 aliphatic heterocycles. The number of rotatable bonds is 9. The molecule has 1 aliphatic rings. The summed E-state index contributed by atoms with van der Waals surface area (Å²) in [4.78, 5) is 26.1. The number of nitrogens with zero attached hydrogens (tertiary/aromatic N) is 4. The maximum atomic E-state index is 12.4. The Morgan fingerprint density at radius 3 is 2.77 bits per heavy atom. The van der Waals surface area contributed by atoms with Crippen LogP contribution in [0, 0.1) is 0 Å². The van der Waals surface area contributed by atoms with E-state index < -0.39 is 0 Å². The molecule has 1 aromatic heterocycles. The van der Waals surface area contributed by atoms with E-state index in [1.807, 2.05) is 43.3 Å². The molecule has 2 heterocycles. The Bertz CT molecular complexity index is 840. The van der Waals surface area contributed by atoms with Crippen LogP contribution in [0.15, 0.2) is 35.5 Å². The van der Waals surface area contributed by atoms with Gasteiger partial charge in [0.05, 0.1) is 13.2 Å². The van der Waals surface area contributed by atoms with E-state index >= 15 is 0 Å². The monoisotopic (exact) mass is 429 g/mol. The van der Waals surface area contributed by atoms with Crippen LogP contribution in [0.1, 0.15) is 28.5 Å². The molecule has 30 heavy (non-hydrogen) atoms. The summed E-state index contributed by atoms with van der Waals surface area (Å²) in [5, 5.41) is 3.74. The summed E-state index contributed by atoms with van der Waals surface area (Å²) >= 11 is 1.60. The molecule has 1 N–H and O–H groups in total. The number of aromatic nitrogens is 2. The van der Waals surface area contributed by atoms with Crippen LogP contribution in [0.2, 0.25) is 0 Å². The molecule has 1 amide bonds. The molecule has 7 nitrogen and oxygen atoms in total. The Kier molecular flexibility index (Phi) is 8.48. The number of anilines is 1. The van der Waals surface area contributed by atoms with E-state index in [9.17, 15) is 4.79 Å². The summed E-state index contributed by atoms with van der Waals surface area (Å²) in [6.45, 7) is 6.74. The zero-order chi connectivity index (χ0) is 21.3. The first kappa shape index (κ1) is 22.5. The topological polar surface area (TPSA) is 70.6 Å². The summed E-state index contributed by atoms with van der Waals surface area (Å²) in [7, 11) is 3.98. The van der Waals surface area contributed by atoms with Gasteiger partial charge in [0.1, 0.15) is 5.82 Å². The van der Waals surface area contributed by atoms with Crippen LogP contribution in [0.5, 0.6) is 0 Å². The standard InChI is InChI=1S/C22H31N5O2S/c1-4-19-15-20(27-10-12-29-13-11-27)25-22(24-19)30-16-17-6-5-7-18(14-17)21(28)23-8-9-26(2)3/h5-7,14-15H,4,8-13,16H2,1-3H3,(H,23,28). The third kappa shape index (κ3) is 6.68. The number of aryl methyl sites for hydroxylation is 1. The van der Waals surface area contributed by atoms with E-state index in [-0.39, 0.29) is 5.91 Å². The van der Waals surface area contributed by atoms with Crippen molar-refractivity contribution in [2.45, 2.75) is 24.3 Å². The fourth-order valence-electron chi connectivity index (χ4n) is 3.10. The molecule has 0 radical (unpaired) electrons. The van der Waals surface area contributed by atoms with E-state index in [4.69, 9.17) is 9.72 Å². The molecule has 0 aliphatic carbocycles. The van der Waals surface area contributed by atoms with Gasteiger partial charge in [-0.3, -0.25) is 4.79 Å². The molecule has 1 fully saturated rings. The van der Waals surface area contributed by atoms with E-state index in [0.717, 1.165) is 61.5 Å². The first-order chi connectivity index (χ1) is 14.5.